The van der Waals surface area contributed by atoms with Gasteiger partial charge in [-0.25, -0.2) is 4.79 Å². The van der Waals surface area contributed by atoms with Crippen LogP contribution in [0, 0.1) is 0 Å². The second kappa shape index (κ2) is 3.57. The molecule has 1 heterocycles. The van der Waals surface area contributed by atoms with Crippen molar-refractivity contribution in [2.75, 3.05) is 0 Å². The number of carbonyl (C=O) groups is 1. The quantitative estimate of drug-likeness (QED) is 0.753. The Hall–Kier alpha value is -2.10. The van der Waals surface area contributed by atoms with E-state index >= 15 is 0 Å². The number of aromatic nitrogens is 2. The largest absolute Gasteiger partial charge is 0.478 e. The molecule has 0 radical (unpaired) electrons. The lowest BCUT2D eigenvalue weighted by molar-refractivity contribution is -0.131. The average molecular weight is 202 g/mol. The molecule has 0 aliphatic carbocycles. The minimum atomic E-state index is -0.948. The number of carboxylic acid groups (broad SMARTS) is 1. The summed E-state index contributed by atoms with van der Waals surface area (Å²) in [6, 6.07) is 5.62. The second-order valence-electron chi connectivity index (χ2n) is 3.25. The molecule has 0 saturated heterocycles. The number of carboxylic acids is 1. The first-order valence-corrected chi connectivity index (χ1v) is 4.50. The van der Waals surface area contributed by atoms with Gasteiger partial charge in [0.05, 0.1) is 5.52 Å². The molecule has 4 nitrogen and oxygen atoms in total. The number of nitrogens with zero attached hydrogens (tertiary/aromatic N) is 2. The van der Waals surface area contributed by atoms with Gasteiger partial charge in [0.15, 0.2) is 0 Å². The van der Waals surface area contributed by atoms with Crippen molar-refractivity contribution in [3.63, 3.8) is 0 Å². The van der Waals surface area contributed by atoms with E-state index in [1.54, 1.807) is 10.8 Å². The predicted molar refractivity (Wildman–Crippen MR) is 57.4 cm³/mol. The summed E-state index contributed by atoms with van der Waals surface area (Å²) in [6.45, 7) is 0. The van der Waals surface area contributed by atoms with Crippen LogP contribution in [0.4, 0.5) is 0 Å². The number of hydrogen-bond donors (Lipinski definition) is 1. The van der Waals surface area contributed by atoms with Gasteiger partial charge in [-0.1, -0.05) is 12.1 Å². The van der Waals surface area contributed by atoms with Crippen LogP contribution < -0.4 is 0 Å². The van der Waals surface area contributed by atoms with Crippen LogP contribution in [0.5, 0.6) is 0 Å². The fourth-order valence-corrected chi connectivity index (χ4v) is 1.49. The molecule has 76 valence electrons. The maximum atomic E-state index is 10.4. The van der Waals surface area contributed by atoms with Gasteiger partial charge in [0.1, 0.15) is 0 Å². The van der Waals surface area contributed by atoms with Gasteiger partial charge in [0, 0.05) is 24.7 Å². The van der Waals surface area contributed by atoms with E-state index in [2.05, 4.69) is 5.10 Å². The standard InChI is InChI=1S/C11H10N2O2/c1-13-7-9-8(5-6-11(14)15)3-2-4-10(9)12-13/h2-7H,1H3,(H,14,15). The molecule has 4 heteroatoms. The van der Waals surface area contributed by atoms with Crippen molar-refractivity contribution in [1.82, 2.24) is 9.78 Å². The molecule has 0 saturated carbocycles. The Morgan fingerprint density at radius 2 is 2.33 bits per heavy atom. The molecule has 1 aromatic carbocycles. The van der Waals surface area contributed by atoms with Crippen LogP contribution >= 0.6 is 0 Å². The maximum Gasteiger partial charge on any atom is 0.328 e. The molecule has 0 atom stereocenters. The molecule has 2 aromatic rings. The molecule has 0 unspecified atom stereocenters. The Balaban J connectivity index is 2.55. The zero-order chi connectivity index (χ0) is 10.8. The van der Waals surface area contributed by atoms with E-state index in [0.717, 1.165) is 22.5 Å². The van der Waals surface area contributed by atoms with Crippen molar-refractivity contribution in [3.8, 4) is 0 Å². The number of aliphatic carboxylic acids is 1. The Labute approximate surface area is 86.4 Å². The van der Waals surface area contributed by atoms with Gasteiger partial charge >= 0.3 is 5.97 Å². The molecular weight excluding hydrogens is 192 g/mol. The third-order valence-corrected chi connectivity index (χ3v) is 2.10. The van der Waals surface area contributed by atoms with Crippen molar-refractivity contribution >= 4 is 22.9 Å². The van der Waals surface area contributed by atoms with Crippen molar-refractivity contribution in [2.24, 2.45) is 7.05 Å². The van der Waals surface area contributed by atoms with Crippen molar-refractivity contribution < 1.29 is 9.90 Å². The zero-order valence-corrected chi connectivity index (χ0v) is 8.21. The van der Waals surface area contributed by atoms with Crippen molar-refractivity contribution in [2.45, 2.75) is 0 Å². The van der Waals surface area contributed by atoms with E-state index < -0.39 is 5.97 Å². The molecule has 0 aliphatic rings. The van der Waals surface area contributed by atoms with E-state index in [-0.39, 0.29) is 0 Å². The second-order valence-corrected chi connectivity index (χ2v) is 3.25. The normalized spacial score (nSPS) is 11.3. The molecule has 0 bridgehead atoms. The first-order valence-electron chi connectivity index (χ1n) is 4.50. The lowest BCUT2D eigenvalue weighted by atomic mass is 10.1. The lowest BCUT2D eigenvalue weighted by Crippen LogP contribution is -1.85. The van der Waals surface area contributed by atoms with Crippen LogP contribution in [-0.4, -0.2) is 20.9 Å². The number of aryl methyl sites for hydroxylation is 1. The number of rotatable bonds is 2. The molecule has 0 spiro atoms. The minimum absolute atomic E-state index is 0.864. The molecule has 0 amide bonds. The number of benzene rings is 1. The summed E-state index contributed by atoms with van der Waals surface area (Å²) < 4.78 is 1.71. The highest BCUT2D eigenvalue weighted by atomic mass is 16.4. The molecule has 0 aliphatic heterocycles. The summed E-state index contributed by atoms with van der Waals surface area (Å²) in [7, 11) is 1.84. The smallest absolute Gasteiger partial charge is 0.328 e. The summed E-state index contributed by atoms with van der Waals surface area (Å²) in [5.74, 6) is -0.948. The highest BCUT2D eigenvalue weighted by molar-refractivity contribution is 5.92. The molecule has 0 fully saturated rings. The van der Waals surface area contributed by atoms with Crippen LogP contribution in [0.3, 0.4) is 0 Å². The fraction of sp³-hybridized carbons (Fsp3) is 0.0909. The summed E-state index contributed by atoms with van der Waals surface area (Å²) in [5, 5.41) is 13.7. The summed E-state index contributed by atoms with van der Waals surface area (Å²) in [4.78, 5) is 10.4. The summed E-state index contributed by atoms with van der Waals surface area (Å²) in [6.07, 6.45) is 4.57. The van der Waals surface area contributed by atoms with Gasteiger partial charge in [-0.3, -0.25) is 4.68 Å². The van der Waals surface area contributed by atoms with Gasteiger partial charge in [-0.2, -0.15) is 5.10 Å². The maximum absolute atomic E-state index is 10.4. The Bertz CT molecular complexity index is 541. The first kappa shape index (κ1) is 9.45. The van der Waals surface area contributed by atoms with Crippen LogP contribution in [0.25, 0.3) is 17.0 Å². The monoisotopic (exact) mass is 202 g/mol. The van der Waals surface area contributed by atoms with Crippen LogP contribution in [0.1, 0.15) is 5.56 Å². The van der Waals surface area contributed by atoms with Crippen molar-refractivity contribution in [1.29, 1.82) is 0 Å². The molecular formula is C11H10N2O2. The van der Waals surface area contributed by atoms with Gasteiger partial charge in [0.25, 0.3) is 0 Å². The van der Waals surface area contributed by atoms with E-state index in [1.807, 2.05) is 31.4 Å². The van der Waals surface area contributed by atoms with Crippen LogP contribution in [-0.2, 0) is 11.8 Å². The lowest BCUT2D eigenvalue weighted by Gasteiger charge is -1.93. The Morgan fingerprint density at radius 3 is 3.07 bits per heavy atom. The van der Waals surface area contributed by atoms with Gasteiger partial charge in [-0.15, -0.1) is 0 Å². The van der Waals surface area contributed by atoms with Crippen molar-refractivity contribution in [3.05, 3.63) is 36.0 Å². The molecule has 1 aromatic heterocycles. The van der Waals surface area contributed by atoms with E-state index in [1.165, 1.54) is 0 Å². The number of hydrogen-bond acceptors (Lipinski definition) is 2. The van der Waals surface area contributed by atoms with Gasteiger partial charge in [-0.05, 0) is 17.7 Å². The highest BCUT2D eigenvalue weighted by Gasteiger charge is 2.01. The van der Waals surface area contributed by atoms with Crippen LogP contribution in [0.15, 0.2) is 30.5 Å². The topological polar surface area (TPSA) is 55.1 Å². The van der Waals surface area contributed by atoms with Crippen LogP contribution in [0.2, 0.25) is 0 Å². The first-order chi connectivity index (χ1) is 7.16. The SMILES string of the molecule is Cn1cc2c(C=CC(=O)O)cccc2n1. The third kappa shape index (κ3) is 1.88. The predicted octanol–water partition coefficient (Wildman–Crippen LogP) is 1.67. The molecule has 2 rings (SSSR count). The molecule has 1 N–H and O–H groups in total. The van der Waals surface area contributed by atoms with Gasteiger partial charge < -0.3 is 5.11 Å². The van der Waals surface area contributed by atoms with E-state index in [4.69, 9.17) is 5.11 Å². The summed E-state index contributed by atoms with van der Waals surface area (Å²) in [5.41, 5.74) is 1.73. The Kier molecular flexibility index (Phi) is 2.25. The van der Waals surface area contributed by atoms with Gasteiger partial charge in [0.2, 0.25) is 0 Å². The highest BCUT2D eigenvalue weighted by Crippen LogP contribution is 2.18. The average Bonchev–Trinajstić information content (AvgIpc) is 2.55. The zero-order valence-electron chi connectivity index (χ0n) is 8.21. The fourth-order valence-electron chi connectivity index (χ4n) is 1.49. The van der Waals surface area contributed by atoms with E-state index in [9.17, 15) is 4.79 Å². The van der Waals surface area contributed by atoms with E-state index in [0.29, 0.717) is 0 Å². The number of fused-ring (bicyclic) bond motifs is 1. The Morgan fingerprint density at radius 1 is 1.53 bits per heavy atom. The minimum Gasteiger partial charge on any atom is -0.478 e. The third-order valence-electron chi connectivity index (χ3n) is 2.10. The molecule has 15 heavy (non-hydrogen) atoms. The summed E-state index contributed by atoms with van der Waals surface area (Å²) >= 11 is 0.